The number of hydrogen-bond acceptors (Lipinski definition) is 1. The summed E-state index contributed by atoms with van der Waals surface area (Å²) in [7, 11) is 0. The first-order chi connectivity index (χ1) is 11.4. The van der Waals surface area contributed by atoms with E-state index in [2.05, 4.69) is 0 Å². The zero-order chi connectivity index (χ0) is 17.7. The van der Waals surface area contributed by atoms with Crippen molar-refractivity contribution in [3.63, 3.8) is 0 Å². The van der Waals surface area contributed by atoms with Gasteiger partial charge in [-0.3, -0.25) is 0 Å². The zero-order valence-electron chi connectivity index (χ0n) is 13.8. The summed E-state index contributed by atoms with van der Waals surface area (Å²) in [6, 6.07) is 16.3. The van der Waals surface area contributed by atoms with Crippen molar-refractivity contribution in [1.29, 1.82) is 0 Å². The van der Waals surface area contributed by atoms with Gasteiger partial charge in [-0.15, -0.1) is 0 Å². The van der Waals surface area contributed by atoms with Crippen LogP contribution in [0.1, 0.15) is 25.0 Å². The molecule has 0 heterocycles. The van der Waals surface area contributed by atoms with E-state index in [4.69, 9.17) is 4.74 Å². The predicted molar refractivity (Wildman–Crippen MR) is 91.6 cm³/mol. The molecule has 1 nitrogen and oxygen atoms in total. The molecule has 0 bridgehead atoms. The Bertz CT molecular complexity index is 805. The van der Waals surface area contributed by atoms with Gasteiger partial charge in [0.15, 0.2) is 0 Å². The van der Waals surface area contributed by atoms with Crippen molar-refractivity contribution < 1.29 is 17.9 Å². The standard InChI is InChI=1S/C18H13F3O.C2H6/c1-12-5-10-16-13(11-12)3-2-4-17(16)22-15-8-6-14(7-9-15)18(19,20)21;1-2/h2-11H,1H3;1-2H3. The molecule has 0 N–H and O–H groups in total. The molecule has 0 aliphatic heterocycles. The number of halogens is 3. The highest BCUT2D eigenvalue weighted by Crippen LogP contribution is 2.33. The van der Waals surface area contributed by atoms with Crippen LogP contribution in [0, 0.1) is 6.92 Å². The van der Waals surface area contributed by atoms with E-state index >= 15 is 0 Å². The topological polar surface area (TPSA) is 9.23 Å². The minimum absolute atomic E-state index is 0.376. The summed E-state index contributed by atoms with van der Waals surface area (Å²) in [5, 5.41) is 1.96. The Hall–Kier alpha value is -2.49. The van der Waals surface area contributed by atoms with E-state index in [1.807, 2.05) is 51.1 Å². The van der Waals surface area contributed by atoms with E-state index in [0.29, 0.717) is 11.5 Å². The third-order valence-corrected chi connectivity index (χ3v) is 3.41. The van der Waals surface area contributed by atoms with Gasteiger partial charge in [0.2, 0.25) is 0 Å². The SMILES string of the molecule is CC.Cc1ccc2c(Oc3ccc(C(F)(F)F)cc3)cccc2c1. The lowest BCUT2D eigenvalue weighted by Crippen LogP contribution is -2.03. The van der Waals surface area contributed by atoms with E-state index in [1.165, 1.54) is 12.1 Å². The second-order valence-corrected chi connectivity index (χ2v) is 5.10. The number of ether oxygens (including phenoxy) is 1. The monoisotopic (exact) mass is 332 g/mol. The van der Waals surface area contributed by atoms with E-state index in [-0.39, 0.29) is 0 Å². The fourth-order valence-corrected chi connectivity index (χ4v) is 2.30. The summed E-state index contributed by atoms with van der Waals surface area (Å²) in [6.45, 7) is 6.00. The average Bonchev–Trinajstić information content (AvgIpc) is 2.56. The van der Waals surface area contributed by atoms with Crippen LogP contribution < -0.4 is 4.74 Å². The van der Waals surface area contributed by atoms with Crippen LogP contribution in [-0.4, -0.2) is 0 Å². The Balaban J connectivity index is 0.00000100. The van der Waals surface area contributed by atoms with Crippen molar-refractivity contribution in [2.24, 2.45) is 0 Å². The Morgan fingerprint density at radius 2 is 1.50 bits per heavy atom. The minimum Gasteiger partial charge on any atom is -0.457 e. The molecular weight excluding hydrogens is 313 g/mol. The molecule has 0 atom stereocenters. The summed E-state index contributed by atoms with van der Waals surface area (Å²) in [4.78, 5) is 0. The molecule has 3 rings (SSSR count). The lowest BCUT2D eigenvalue weighted by atomic mass is 10.1. The van der Waals surface area contributed by atoms with Crippen LogP contribution in [0.4, 0.5) is 13.2 Å². The largest absolute Gasteiger partial charge is 0.457 e. The van der Waals surface area contributed by atoms with E-state index in [0.717, 1.165) is 28.5 Å². The van der Waals surface area contributed by atoms with Crippen LogP contribution in [0.2, 0.25) is 0 Å². The molecule has 24 heavy (non-hydrogen) atoms. The molecule has 0 saturated carbocycles. The van der Waals surface area contributed by atoms with Gasteiger partial charge in [-0.05, 0) is 42.6 Å². The molecular formula is C20H19F3O. The molecule has 0 saturated heterocycles. The number of aryl methyl sites for hydroxylation is 1. The number of rotatable bonds is 2. The van der Waals surface area contributed by atoms with Gasteiger partial charge in [0.1, 0.15) is 11.5 Å². The van der Waals surface area contributed by atoms with Crippen molar-refractivity contribution in [1.82, 2.24) is 0 Å². The van der Waals surface area contributed by atoms with E-state index < -0.39 is 11.7 Å². The summed E-state index contributed by atoms with van der Waals surface area (Å²) in [5.74, 6) is 0.998. The lowest BCUT2D eigenvalue weighted by Gasteiger charge is -2.11. The highest BCUT2D eigenvalue weighted by molar-refractivity contribution is 5.89. The van der Waals surface area contributed by atoms with Gasteiger partial charge in [0.05, 0.1) is 5.56 Å². The highest BCUT2D eigenvalue weighted by Gasteiger charge is 2.30. The number of alkyl halides is 3. The zero-order valence-corrected chi connectivity index (χ0v) is 13.8. The van der Waals surface area contributed by atoms with Gasteiger partial charge in [-0.25, -0.2) is 0 Å². The van der Waals surface area contributed by atoms with Crippen LogP contribution in [-0.2, 0) is 6.18 Å². The van der Waals surface area contributed by atoms with Crippen molar-refractivity contribution in [2.75, 3.05) is 0 Å². The van der Waals surface area contributed by atoms with Crippen LogP contribution >= 0.6 is 0 Å². The van der Waals surface area contributed by atoms with Gasteiger partial charge in [0.25, 0.3) is 0 Å². The fraction of sp³-hybridized carbons (Fsp3) is 0.200. The minimum atomic E-state index is -4.34. The third-order valence-electron chi connectivity index (χ3n) is 3.41. The molecule has 0 amide bonds. The fourth-order valence-electron chi connectivity index (χ4n) is 2.30. The molecule has 126 valence electrons. The van der Waals surface area contributed by atoms with Crippen LogP contribution in [0.5, 0.6) is 11.5 Å². The van der Waals surface area contributed by atoms with Gasteiger partial charge in [-0.2, -0.15) is 13.2 Å². The number of hydrogen-bond donors (Lipinski definition) is 0. The number of fused-ring (bicyclic) bond motifs is 1. The first-order valence-electron chi connectivity index (χ1n) is 7.78. The molecule has 4 heteroatoms. The quantitative estimate of drug-likeness (QED) is 0.491. The lowest BCUT2D eigenvalue weighted by molar-refractivity contribution is -0.137. The second-order valence-electron chi connectivity index (χ2n) is 5.10. The van der Waals surface area contributed by atoms with E-state index in [1.54, 1.807) is 6.07 Å². The van der Waals surface area contributed by atoms with E-state index in [9.17, 15) is 13.2 Å². The smallest absolute Gasteiger partial charge is 0.416 e. The van der Waals surface area contributed by atoms with Gasteiger partial charge in [0, 0.05) is 5.39 Å². The molecule has 0 aliphatic rings. The van der Waals surface area contributed by atoms with Crippen LogP contribution in [0.3, 0.4) is 0 Å². The molecule has 0 aromatic heterocycles. The van der Waals surface area contributed by atoms with Crippen LogP contribution in [0.15, 0.2) is 60.7 Å². The van der Waals surface area contributed by atoms with Gasteiger partial charge < -0.3 is 4.74 Å². The van der Waals surface area contributed by atoms with Crippen molar-refractivity contribution in [2.45, 2.75) is 26.9 Å². The molecule has 0 spiro atoms. The van der Waals surface area contributed by atoms with Gasteiger partial charge >= 0.3 is 6.18 Å². The molecule has 0 fully saturated rings. The maximum absolute atomic E-state index is 12.6. The van der Waals surface area contributed by atoms with Gasteiger partial charge in [-0.1, -0.05) is 49.7 Å². The predicted octanol–water partition coefficient (Wildman–Crippen LogP) is 6.99. The molecule has 0 unspecified atom stereocenters. The molecule has 3 aromatic rings. The Morgan fingerprint density at radius 1 is 0.833 bits per heavy atom. The summed E-state index contributed by atoms with van der Waals surface area (Å²) >= 11 is 0. The summed E-state index contributed by atoms with van der Waals surface area (Å²) in [6.07, 6.45) is -4.34. The second kappa shape index (κ2) is 7.39. The Labute approximate surface area is 139 Å². The van der Waals surface area contributed by atoms with Crippen molar-refractivity contribution >= 4 is 10.8 Å². The Morgan fingerprint density at radius 3 is 2.12 bits per heavy atom. The molecule has 3 aromatic carbocycles. The summed E-state index contributed by atoms with van der Waals surface area (Å²) in [5.41, 5.74) is 0.451. The van der Waals surface area contributed by atoms with Crippen molar-refractivity contribution in [3.8, 4) is 11.5 Å². The first-order valence-corrected chi connectivity index (χ1v) is 7.78. The maximum atomic E-state index is 12.6. The average molecular weight is 332 g/mol. The van der Waals surface area contributed by atoms with Crippen molar-refractivity contribution in [3.05, 3.63) is 71.8 Å². The third kappa shape index (κ3) is 4.07. The highest BCUT2D eigenvalue weighted by atomic mass is 19.4. The normalized spacial score (nSPS) is 10.9. The Kier molecular flexibility index (Phi) is 5.50. The summed E-state index contributed by atoms with van der Waals surface area (Å²) < 4.78 is 43.4. The number of benzene rings is 3. The first kappa shape index (κ1) is 17.9. The van der Waals surface area contributed by atoms with Crippen LogP contribution in [0.25, 0.3) is 10.8 Å². The maximum Gasteiger partial charge on any atom is 0.416 e. The molecule has 0 radical (unpaired) electrons. The molecule has 0 aliphatic carbocycles.